The van der Waals surface area contributed by atoms with E-state index >= 15 is 0 Å². The minimum absolute atomic E-state index is 0.129. The first-order valence-electron chi connectivity index (χ1n) is 7.36. The van der Waals surface area contributed by atoms with Crippen LogP contribution in [0.1, 0.15) is 12.5 Å². The Kier molecular flexibility index (Phi) is 3.64. The van der Waals surface area contributed by atoms with Gasteiger partial charge < -0.3 is 4.90 Å². The van der Waals surface area contributed by atoms with Crippen LogP contribution in [0.4, 0.5) is 14.9 Å². The van der Waals surface area contributed by atoms with Crippen molar-refractivity contribution in [2.45, 2.75) is 18.9 Å². The standard InChI is InChI=1S/C18H17FN2O2/c1-18(12-13-8-6-7-11-15(13)19)16(22)21(17(23)20(18)2)14-9-4-3-5-10-14/h3-11H,12H2,1-2H3. The van der Waals surface area contributed by atoms with E-state index in [1.807, 2.05) is 6.07 Å². The highest BCUT2D eigenvalue weighted by Crippen LogP contribution is 2.33. The van der Waals surface area contributed by atoms with Gasteiger partial charge in [0, 0.05) is 13.5 Å². The predicted octanol–water partition coefficient (Wildman–Crippen LogP) is 3.23. The van der Waals surface area contributed by atoms with E-state index in [1.165, 1.54) is 11.0 Å². The lowest BCUT2D eigenvalue weighted by atomic mass is 9.91. The smallest absolute Gasteiger partial charge is 0.312 e. The van der Waals surface area contributed by atoms with Crippen LogP contribution in [0.15, 0.2) is 54.6 Å². The largest absolute Gasteiger partial charge is 0.332 e. The number of hydrogen-bond acceptors (Lipinski definition) is 2. The summed E-state index contributed by atoms with van der Waals surface area (Å²) in [4.78, 5) is 28.0. The van der Waals surface area contributed by atoms with Crippen LogP contribution in [0.5, 0.6) is 0 Å². The molecule has 0 radical (unpaired) electrons. The van der Waals surface area contributed by atoms with Crippen LogP contribution in [0.25, 0.3) is 0 Å². The van der Waals surface area contributed by atoms with E-state index in [9.17, 15) is 14.0 Å². The normalized spacial score (nSPS) is 21.2. The fourth-order valence-electron chi connectivity index (χ4n) is 2.84. The molecule has 1 atom stereocenters. The molecular weight excluding hydrogens is 295 g/mol. The summed E-state index contributed by atoms with van der Waals surface area (Å²) in [5, 5.41) is 0. The fraction of sp³-hybridized carbons (Fsp3) is 0.222. The van der Waals surface area contributed by atoms with E-state index in [-0.39, 0.29) is 18.1 Å². The molecule has 1 aliphatic rings. The Hall–Kier alpha value is -2.69. The Labute approximate surface area is 134 Å². The molecular formula is C18H17FN2O2. The lowest BCUT2D eigenvalue weighted by molar-refractivity contribution is -0.123. The average molecular weight is 312 g/mol. The Morgan fingerprint density at radius 2 is 1.61 bits per heavy atom. The maximum atomic E-state index is 14.0. The molecule has 0 N–H and O–H groups in total. The van der Waals surface area contributed by atoms with Gasteiger partial charge in [-0.05, 0) is 30.7 Å². The van der Waals surface area contributed by atoms with Gasteiger partial charge in [0.15, 0.2) is 0 Å². The highest BCUT2D eigenvalue weighted by atomic mass is 19.1. The lowest BCUT2D eigenvalue weighted by Crippen LogP contribution is -2.47. The van der Waals surface area contributed by atoms with Crippen LogP contribution < -0.4 is 4.90 Å². The second kappa shape index (κ2) is 5.50. The summed E-state index contributed by atoms with van der Waals surface area (Å²) in [5.41, 5.74) is -0.181. The van der Waals surface area contributed by atoms with Gasteiger partial charge in [0.25, 0.3) is 5.91 Å². The molecule has 1 heterocycles. The first-order chi connectivity index (χ1) is 10.9. The molecule has 118 valence electrons. The van der Waals surface area contributed by atoms with Gasteiger partial charge >= 0.3 is 6.03 Å². The number of imide groups is 1. The summed E-state index contributed by atoms with van der Waals surface area (Å²) in [5.74, 6) is -0.722. The molecule has 2 aromatic rings. The number of benzene rings is 2. The van der Waals surface area contributed by atoms with Gasteiger partial charge in [-0.3, -0.25) is 4.79 Å². The molecule has 3 amide bonds. The summed E-state index contributed by atoms with van der Waals surface area (Å²) < 4.78 is 14.0. The molecule has 0 aliphatic carbocycles. The minimum Gasteiger partial charge on any atom is -0.312 e. The number of urea groups is 1. The van der Waals surface area contributed by atoms with Crippen molar-refractivity contribution in [3.63, 3.8) is 0 Å². The molecule has 0 spiro atoms. The van der Waals surface area contributed by atoms with Crippen LogP contribution in [-0.2, 0) is 11.2 Å². The molecule has 1 unspecified atom stereocenters. The van der Waals surface area contributed by atoms with Crippen molar-refractivity contribution in [3.05, 3.63) is 66.0 Å². The molecule has 23 heavy (non-hydrogen) atoms. The third kappa shape index (κ3) is 2.38. The number of likely N-dealkylation sites (N-methyl/N-ethyl adjacent to an activating group) is 1. The molecule has 3 rings (SSSR count). The van der Waals surface area contributed by atoms with Gasteiger partial charge in [-0.1, -0.05) is 36.4 Å². The van der Waals surface area contributed by atoms with Gasteiger partial charge in [-0.2, -0.15) is 0 Å². The molecule has 4 nitrogen and oxygen atoms in total. The van der Waals surface area contributed by atoms with Gasteiger partial charge in [0.05, 0.1) is 5.69 Å². The zero-order valence-electron chi connectivity index (χ0n) is 13.0. The molecule has 5 heteroatoms. The number of hydrogen-bond donors (Lipinski definition) is 0. The maximum Gasteiger partial charge on any atom is 0.332 e. The molecule has 1 fully saturated rings. The highest BCUT2D eigenvalue weighted by molar-refractivity contribution is 6.23. The summed E-state index contributed by atoms with van der Waals surface area (Å²) in [6.45, 7) is 1.67. The molecule has 1 aliphatic heterocycles. The van der Waals surface area contributed by atoms with Gasteiger partial charge in [0.1, 0.15) is 11.4 Å². The number of para-hydroxylation sites is 1. The number of amides is 3. The summed E-state index contributed by atoms with van der Waals surface area (Å²) >= 11 is 0. The van der Waals surface area contributed by atoms with E-state index in [0.29, 0.717) is 11.3 Å². The zero-order chi connectivity index (χ0) is 16.6. The van der Waals surface area contributed by atoms with Gasteiger partial charge in [-0.25, -0.2) is 14.1 Å². The van der Waals surface area contributed by atoms with Crippen molar-refractivity contribution in [1.29, 1.82) is 0 Å². The van der Waals surface area contributed by atoms with E-state index in [2.05, 4.69) is 0 Å². The first-order valence-corrected chi connectivity index (χ1v) is 7.36. The summed E-state index contributed by atoms with van der Waals surface area (Å²) in [6.07, 6.45) is 0.129. The van der Waals surface area contributed by atoms with E-state index in [1.54, 1.807) is 56.4 Å². The quantitative estimate of drug-likeness (QED) is 0.817. The monoisotopic (exact) mass is 312 g/mol. The Balaban J connectivity index is 1.98. The fourth-order valence-corrected chi connectivity index (χ4v) is 2.84. The highest BCUT2D eigenvalue weighted by Gasteiger charge is 2.53. The zero-order valence-corrected chi connectivity index (χ0v) is 13.0. The predicted molar refractivity (Wildman–Crippen MR) is 85.6 cm³/mol. The first kappa shape index (κ1) is 15.2. The average Bonchev–Trinajstić information content (AvgIpc) is 2.72. The van der Waals surface area contributed by atoms with Crippen molar-refractivity contribution in [3.8, 4) is 0 Å². The Morgan fingerprint density at radius 1 is 1.00 bits per heavy atom. The molecule has 0 bridgehead atoms. The number of nitrogens with zero attached hydrogens (tertiary/aromatic N) is 2. The second-order valence-electron chi connectivity index (χ2n) is 5.86. The Bertz CT molecular complexity index is 763. The van der Waals surface area contributed by atoms with Gasteiger partial charge in [0.2, 0.25) is 0 Å². The van der Waals surface area contributed by atoms with Crippen LogP contribution >= 0.6 is 0 Å². The van der Waals surface area contributed by atoms with E-state index in [0.717, 1.165) is 4.90 Å². The van der Waals surface area contributed by atoms with Crippen molar-refractivity contribution in [2.24, 2.45) is 0 Å². The number of carbonyl (C=O) groups is 2. The van der Waals surface area contributed by atoms with Crippen LogP contribution in [0.3, 0.4) is 0 Å². The molecule has 0 saturated carbocycles. The second-order valence-corrected chi connectivity index (χ2v) is 5.86. The molecule has 1 saturated heterocycles. The Morgan fingerprint density at radius 3 is 2.26 bits per heavy atom. The van der Waals surface area contributed by atoms with Crippen molar-refractivity contribution in [2.75, 3.05) is 11.9 Å². The lowest BCUT2D eigenvalue weighted by Gasteiger charge is -2.28. The molecule has 2 aromatic carbocycles. The summed E-state index contributed by atoms with van der Waals surface area (Å²) in [6, 6.07) is 14.7. The third-order valence-electron chi connectivity index (χ3n) is 4.39. The van der Waals surface area contributed by atoms with Crippen molar-refractivity contribution < 1.29 is 14.0 Å². The van der Waals surface area contributed by atoms with Crippen LogP contribution in [0.2, 0.25) is 0 Å². The van der Waals surface area contributed by atoms with Crippen molar-refractivity contribution in [1.82, 2.24) is 4.90 Å². The number of anilines is 1. The molecule has 0 aromatic heterocycles. The maximum absolute atomic E-state index is 14.0. The summed E-state index contributed by atoms with van der Waals surface area (Å²) in [7, 11) is 1.57. The van der Waals surface area contributed by atoms with E-state index < -0.39 is 11.6 Å². The minimum atomic E-state index is -1.12. The number of carbonyl (C=O) groups excluding carboxylic acids is 2. The van der Waals surface area contributed by atoms with Gasteiger partial charge in [-0.15, -0.1) is 0 Å². The van der Waals surface area contributed by atoms with Crippen LogP contribution in [-0.4, -0.2) is 29.4 Å². The SMILES string of the molecule is CN1C(=O)N(c2ccccc2)C(=O)C1(C)Cc1ccccc1F. The number of rotatable bonds is 3. The van der Waals surface area contributed by atoms with Crippen LogP contribution in [0, 0.1) is 5.82 Å². The van der Waals surface area contributed by atoms with Crippen molar-refractivity contribution >= 4 is 17.6 Å². The van der Waals surface area contributed by atoms with E-state index in [4.69, 9.17) is 0 Å². The topological polar surface area (TPSA) is 40.6 Å². The third-order valence-corrected chi connectivity index (χ3v) is 4.39. The number of halogens is 1.